The largest absolute Gasteiger partial charge is 0.379 e. The molecular weight excluding hydrogens is 276 g/mol. The normalized spacial score (nSPS) is 19.3. The van der Waals surface area contributed by atoms with Crippen molar-refractivity contribution in [2.75, 3.05) is 39.4 Å². The van der Waals surface area contributed by atoms with E-state index < -0.39 is 0 Å². The minimum absolute atomic E-state index is 0.0213. The lowest BCUT2D eigenvalue weighted by Gasteiger charge is -2.35. The predicted molar refractivity (Wildman–Crippen MR) is 94.5 cm³/mol. The molecule has 1 unspecified atom stereocenters. The van der Waals surface area contributed by atoms with Crippen LogP contribution in [0.4, 0.5) is 0 Å². The topological polar surface area (TPSA) is 48.9 Å². The molecule has 1 atom stereocenters. The summed E-state index contributed by atoms with van der Waals surface area (Å²) < 4.78 is 5.48. The van der Waals surface area contributed by atoms with Gasteiger partial charge in [-0.2, -0.15) is 0 Å². The lowest BCUT2D eigenvalue weighted by atomic mass is 10.0. The molecule has 0 aromatic heterocycles. The maximum absolute atomic E-state index is 5.48. The molecule has 1 fully saturated rings. The molecule has 22 heavy (non-hydrogen) atoms. The zero-order valence-electron chi connectivity index (χ0n) is 15.4. The van der Waals surface area contributed by atoms with Crippen molar-refractivity contribution in [3.63, 3.8) is 0 Å². The standard InChI is InChI=1S/C17H36N4O/c1-7-18-16(20-17(4,5)6)19-13-15(12-14(2)3)21-8-10-22-11-9-21/h14-15H,7-13H2,1-6H3,(H2,18,19,20). The highest BCUT2D eigenvalue weighted by atomic mass is 16.5. The van der Waals surface area contributed by atoms with Crippen molar-refractivity contribution >= 4 is 5.96 Å². The van der Waals surface area contributed by atoms with Crippen LogP contribution in [0.5, 0.6) is 0 Å². The lowest BCUT2D eigenvalue weighted by molar-refractivity contribution is 0.0143. The van der Waals surface area contributed by atoms with Gasteiger partial charge in [0.05, 0.1) is 19.8 Å². The third kappa shape index (κ3) is 7.99. The van der Waals surface area contributed by atoms with Gasteiger partial charge in [-0.15, -0.1) is 0 Å². The first-order valence-corrected chi connectivity index (χ1v) is 8.70. The van der Waals surface area contributed by atoms with Crippen molar-refractivity contribution in [3.8, 4) is 0 Å². The minimum Gasteiger partial charge on any atom is -0.379 e. The molecule has 0 amide bonds. The number of hydrogen-bond donors (Lipinski definition) is 2. The first-order valence-electron chi connectivity index (χ1n) is 8.70. The molecule has 5 heteroatoms. The number of rotatable bonds is 6. The summed E-state index contributed by atoms with van der Waals surface area (Å²) >= 11 is 0. The van der Waals surface area contributed by atoms with E-state index in [1.807, 2.05) is 0 Å². The molecule has 0 saturated carbocycles. The number of morpholine rings is 1. The van der Waals surface area contributed by atoms with Crippen molar-refractivity contribution in [3.05, 3.63) is 0 Å². The molecular formula is C17H36N4O. The van der Waals surface area contributed by atoms with Crippen LogP contribution in [0.3, 0.4) is 0 Å². The van der Waals surface area contributed by atoms with Crippen LogP contribution in [0.25, 0.3) is 0 Å². The number of ether oxygens (including phenoxy) is 1. The summed E-state index contributed by atoms with van der Waals surface area (Å²) in [6, 6.07) is 0.499. The van der Waals surface area contributed by atoms with Crippen LogP contribution in [-0.2, 0) is 4.74 Å². The Morgan fingerprint density at radius 1 is 1.23 bits per heavy atom. The van der Waals surface area contributed by atoms with Gasteiger partial charge in [0.15, 0.2) is 5.96 Å². The molecule has 130 valence electrons. The predicted octanol–water partition coefficient (Wildman–Crippen LogP) is 2.09. The molecule has 1 aliphatic rings. The van der Waals surface area contributed by atoms with Crippen molar-refractivity contribution in [1.29, 1.82) is 0 Å². The summed E-state index contributed by atoms with van der Waals surface area (Å²) in [5.74, 6) is 1.60. The second-order valence-electron chi connectivity index (χ2n) is 7.53. The molecule has 1 aliphatic heterocycles. The first kappa shape index (κ1) is 19.2. The zero-order chi connectivity index (χ0) is 16.6. The van der Waals surface area contributed by atoms with Crippen molar-refractivity contribution < 1.29 is 4.74 Å². The maximum Gasteiger partial charge on any atom is 0.191 e. The average Bonchev–Trinajstić information content (AvgIpc) is 2.42. The van der Waals surface area contributed by atoms with E-state index in [1.54, 1.807) is 0 Å². The van der Waals surface area contributed by atoms with Gasteiger partial charge in [0, 0.05) is 31.2 Å². The van der Waals surface area contributed by atoms with Gasteiger partial charge in [0.25, 0.3) is 0 Å². The number of hydrogen-bond acceptors (Lipinski definition) is 3. The Labute approximate surface area is 136 Å². The lowest BCUT2D eigenvalue weighted by Crippen LogP contribution is -2.49. The summed E-state index contributed by atoms with van der Waals surface area (Å²) in [5.41, 5.74) is 0.0213. The molecule has 0 radical (unpaired) electrons. The van der Waals surface area contributed by atoms with Gasteiger partial charge in [-0.1, -0.05) is 13.8 Å². The Bertz CT molecular complexity index is 330. The van der Waals surface area contributed by atoms with Gasteiger partial charge in [-0.25, -0.2) is 0 Å². The fourth-order valence-electron chi connectivity index (χ4n) is 2.68. The van der Waals surface area contributed by atoms with Gasteiger partial charge >= 0.3 is 0 Å². The Morgan fingerprint density at radius 3 is 2.36 bits per heavy atom. The summed E-state index contributed by atoms with van der Waals surface area (Å²) in [7, 11) is 0. The van der Waals surface area contributed by atoms with Gasteiger partial charge in [-0.3, -0.25) is 9.89 Å². The summed E-state index contributed by atoms with van der Waals surface area (Å²) in [6.45, 7) is 18.6. The molecule has 0 aliphatic carbocycles. The van der Waals surface area contributed by atoms with Crippen LogP contribution in [0, 0.1) is 5.92 Å². The van der Waals surface area contributed by atoms with E-state index in [1.165, 1.54) is 6.42 Å². The first-order chi connectivity index (χ1) is 10.3. The van der Waals surface area contributed by atoms with Crippen molar-refractivity contribution in [2.45, 2.75) is 59.5 Å². The quantitative estimate of drug-likeness (QED) is 0.582. The molecule has 2 N–H and O–H groups in total. The second-order valence-corrected chi connectivity index (χ2v) is 7.53. The van der Waals surface area contributed by atoms with E-state index in [9.17, 15) is 0 Å². The Kier molecular flexibility index (Phi) is 8.18. The molecule has 5 nitrogen and oxygen atoms in total. The van der Waals surface area contributed by atoms with Crippen LogP contribution < -0.4 is 10.6 Å². The van der Waals surface area contributed by atoms with Gasteiger partial charge < -0.3 is 15.4 Å². The SMILES string of the molecule is CCNC(=NCC(CC(C)C)N1CCOCC1)NC(C)(C)C. The second kappa shape index (κ2) is 9.36. The molecule has 0 aromatic carbocycles. The van der Waals surface area contributed by atoms with Crippen LogP contribution in [0.2, 0.25) is 0 Å². The van der Waals surface area contributed by atoms with Gasteiger partial charge in [-0.05, 0) is 40.0 Å². The van der Waals surface area contributed by atoms with Crippen LogP contribution >= 0.6 is 0 Å². The number of guanidine groups is 1. The summed E-state index contributed by atoms with van der Waals surface area (Å²) in [5, 5.41) is 6.81. The highest BCUT2D eigenvalue weighted by Gasteiger charge is 2.22. The molecule has 0 bridgehead atoms. The zero-order valence-corrected chi connectivity index (χ0v) is 15.4. The Balaban J connectivity index is 2.69. The van der Waals surface area contributed by atoms with E-state index in [0.717, 1.165) is 45.4 Å². The highest BCUT2D eigenvalue weighted by molar-refractivity contribution is 5.80. The fourth-order valence-corrected chi connectivity index (χ4v) is 2.68. The van der Waals surface area contributed by atoms with Gasteiger partial charge in [0.1, 0.15) is 0 Å². The van der Waals surface area contributed by atoms with Crippen molar-refractivity contribution in [2.24, 2.45) is 10.9 Å². The smallest absolute Gasteiger partial charge is 0.191 e. The van der Waals surface area contributed by atoms with E-state index in [-0.39, 0.29) is 5.54 Å². The Morgan fingerprint density at radius 2 is 1.86 bits per heavy atom. The highest BCUT2D eigenvalue weighted by Crippen LogP contribution is 2.14. The third-order valence-corrected chi connectivity index (χ3v) is 3.60. The van der Waals surface area contributed by atoms with Crippen LogP contribution in [0.15, 0.2) is 4.99 Å². The van der Waals surface area contributed by atoms with E-state index in [4.69, 9.17) is 9.73 Å². The number of nitrogens with one attached hydrogen (secondary N) is 2. The maximum atomic E-state index is 5.48. The molecule has 1 rings (SSSR count). The summed E-state index contributed by atoms with van der Waals surface area (Å²) in [6.07, 6.45) is 1.18. The molecule has 0 spiro atoms. The number of nitrogens with zero attached hydrogens (tertiary/aromatic N) is 2. The molecule has 1 saturated heterocycles. The molecule has 1 heterocycles. The van der Waals surface area contributed by atoms with Crippen molar-refractivity contribution in [1.82, 2.24) is 15.5 Å². The monoisotopic (exact) mass is 312 g/mol. The van der Waals surface area contributed by atoms with E-state index in [0.29, 0.717) is 12.0 Å². The third-order valence-electron chi connectivity index (χ3n) is 3.60. The summed E-state index contributed by atoms with van der Waals surface area (Å²) in [4.78, 5) is 7.37. The average molecular weight is 313 g/mol. The minimum atomic E-state index is 0.0213. The Hall–Kier alpha value is -0.810. The molecule has 0 aromatic rings. The van der Waals surface area contributed by atoms with E-state index >= 15 is 0 Å². The van der Waals surface area contributed by atoms with Gasteiger partial charge in [0.2, 0.25) is 0 Å². The van der Waals surface area contributed by atoms with Crippen LogP contribution in [-0.4, -0.2) is 61.8 Å². The van der Waals surface area contributed by atoms with Crippen LogP contribution in [0.1, 0.15) is 48.0 Å². The number of aliphatic imine (C=N–C) groups is 1. The fraction of sp³-hybridized carbons (Fsp3) is 0.941. The van der Waals surface area contributed by atoms with E-state index in [2.05, 4.69) is 57.1 Å².